The van der Waals surface area contributed by atoms with Crippen LogP contribution in [0.5, 0.6) is 11.5 Å². The van der Waals surface area contributed by atoms with Crippen molar-refractivity contribution in [2.75, 3.05) is 13.7 Å². The van der Waals surface area contributed by atoms with Crippen molar-refractivity contribution in [1.82, 2.24) is 20.4 Å². The number of phenols is 1. The normalized spacial score (nSPS) is 16.9. The van der Waals surface area contributed by atoms with Gasteiger partial charge in [0.25, 0.3) is 5.89 Å². The standard InChI is InChI=1S/C20H20N4O3S2/c1-4-24-11(2)16(19-22-18(23-27-19)15-6-5-9-29-15)17(21-20(24)28)12-7-8-14(26-3)13(25)10-12/h5-10,17,25H,4H2,1-3H3,(H,21,28). The van der Waals surface area contributed by atoms with Crippen molar-refractivity contribution in [3.05, 3.63) is 52.9 Å². The molecular formula is C20H20N4O3S2. The summed E-state index contributed by atoms with van der Waals surface area (Å²) in [7, 11) is 1.52. The average molecular weight is 429 g/mol. The number of nitrogens with one attached hydrogen (secondary N) is 1. The Balaban J connectivity index is 1.82. The van der Waals surface area contributed by atoms with Crippen molar-refractivity contribution in [3.8, 4) is 22.2 Å². The summed E-state index contributed by atoms with van der Waals surface area (Å²) in [6.07, 6.45) is 0. The molecule has 0 radical (unpaired) electrons. The molecule has 0 fully saturated rings. The van der Waals surface area contributed by atoms with Gasteiger partial charge < -0.3 is 24.6 Å². The summed E-state index contributed by atoms with van der Waals surface area (Å²) in [4.78, 5) is 7.55. The van der Waals surface area contributed by atoms with Gasteiger partial charge in [0.05, 0.1) is 23.6 Å². The minimum atomic E-state index is -0.348. The van der Waals surface area contributed by atoms with Gasteiger partial charge in [0, 0.05) is 12.2 Å². The lowest BCUT2D eigenvalue weighted by Gasteiger charge is -2.36. The number of hydrogen-bond acceptors (Lipinski definition) is 7. The van der Waals surface area contributed by atoms with Gasteiger partial charge in [-0.3, -0.25) is 0 Å². The molecule has 0 aliphatic carbocycles. The number of benzene rings is 1. The van der Waals surface area contributed by atoms with Crippen LogP contribution in [0, 0.1) is 0 Å². The highest BCUT2D eigenvalue weighted by atomic mass is 32.1. The van der Waals surface area contributed by atoms with Gasteiger partial charge in [-0.15, -0.1) is 11.3 Å². The van der Waals surface area contributed by atoms with Gasteiger partial charge in [-0.05, 0) is 55.2 Å². The number of aromatic nitrogens is 2. The van der Waals surface area contributed by atoms with E-state index in [0.717, 1.165) is 21.7 Å². The van der Waals surface area contributed by atoms with Crippen LogP contribution in [0.15, 0.2) is 45.9 Å². The highest BCUT2D eigenvalue weighted by molar-refractivity contribution is 7.80. The van der Waals surface area contributed by atoms with E-state index >= 15 is 0 Å². The Labute approximate surface area is 177 Å². The Hall–Kier alpha value is -2.91. The zero-order valence-corrected chi connectivity index (χ0v) is 17.8. The minimum absolute atomic E-state index is 0.0532. The zero-order chi connectivity index (χ0) is 20.5. The number of thiocarbonyl (C=S) groups is 1. The second-order valence-corrected chi connectivity index (χ2v) is 7.79. The Morgan fingerprint density at radius 3 is 2.86 bits per heavy atom. The van der Waals surface area contributed by atoms with Crippen LogP contribution in [0.4, 0.5) is 0 Å². The molecule has 1 unspecified atom stereocenters. The van der Waals surface area contributed by atoms with Crippen molar-refractivity contribution >= 4 is 34.2 Å². The molecule has 2 N–H and O–H groups in total. The molecule has 150 valence electrons. The molecule has 0 saturated carbocycles. The van der Waals surface area contributed by atoms with Crippen LogP contribution >= 0.6 is 23.6 Å². The predicted molar refractivity (Wildman–Crippen MR) is 116 cm³/mol. The molecule has 29 heavy (non-hydrogen) atoms. The summed E-state index contributed by atoms with van der Waals surface area (Å²) in [5.41, 5.74) is 2.56. The monoisotopic (exact) mass is 428 g/mol. The van der Waals surface area contributed by atoms with E-state index in [0.29, 0.717) is 29.1 Å². The number of rotatable bonds is 5. The summed E-state index contributed by atoms with van der Waals surface area (Å²) in [5.74, 6) is 1.42. The van der Waals surface area contributed by atoms with Crippen LogP contribution in [0.3, 0.4) is 0 Å². The first kappa shape index (κ1) is 19.4. The summed E-state index contributed by atoms with van der Waals surface area (Å²) in [5, 5.41) is 20.3. The van der Waals surface area contributed by atoms with Crippen LogP contribution in [0.1, 0.15) is 31.3 Å². The van der Waals surface area contributed by atoms with Gasteiger partial charge in [-0.1, -0.05) is 17.3 Å². The lowest BCUT2D eigenvalue weighted by molar-refractivity contribution is 0.372. The van der Waals surface area contributed by atoms with Crippen molar-refractivity contribution in [2.24, 2.45) is 0 Å². The third-order valence-electron chi connectivity index (χ3n) is 4.85. The van der Waals surface area contributed by atoms with Crippen molar-refractivity contribution in [2.45, 2.75) is 19.9 Å². The largest absolute Gasteiger partial charge is 0.504 e. The van der Waals surface area contributed by atoms with E-state index in [1.165, 1.54) is 7.11 Å². The second kappa shape index (κ2) is 7.84. The summed E-state index contributed by atoms with van der Waals surface area (Å²) < 4.78 is 10.8. The Kier molecular flexibility index (Phi) is 5.25. The van der Waals surface area contributed by atoms with Gasteiger partial charge in [0.1, 0.15) is 0 Å². The smallest absolute Gasteiger partial charge is 0.258 e. The number of ether oxygens (including phenoxy) is 1. The van der Waals surface area contributed by atoms with E-state index in [1.807, 2.05) is 42.3 Å². The molecule has 2 aromatic heterocycles. The van der Waals surface area contributed by atoms with E-state index in [-0.39, 0.29) is 11.8 Å². The number of hydrogen-bond donors (Lipinski definition) is 2. The maximum atomic E-state index is 10.3. The number of phenolic OH excluding ortho intramolecular Hbond substituents is 1. The molecule has 7 nitrogen and oxygen atoms in total. The molecule has 1 atom stereocenters. The first-order valence-electron chi connectivity index (χ1n) is 9.07. The highest BCUT2D eigenvalue weighted by Gasteiger charge is 2.34. The van der Waals surface area contributed by atoms with Crippen molar-refractivity contribution < 1.29 is 14.4 Å². The first-order valence-corrected chi connectivity index (χ1v) is 10.4. The van der Waals surface area contributed by atoms with Gasteiger partial charge in [-0.2, -0.15) is 4.98 Å². The first-order chi connectivity index (χ1) is 14.0. The maximum absolute atomic E-state index is 10.3. The molecule has 1 aliphatic heterocycles. The van der Waals surface area contributed by atoms with Gasteiger partial charge in [0.2, 0.25) is 5.82 Å². The zero-order valence-electron chi connectivity index (χ0n) is 16.2. The van der Waals surface area contributed by atoms with Crippen LogP contribution in [-0.4, -0.2) is 38.9 Å². The molecule has 4 rings (SSSR count). The van der Waals surface area contributed by atoms with E-state index in [9.17, 15) is 5.11 Å². The Bertz CT molecular complexity index is 1080. The van der Waals surface area contributed by atoms with Crippen LogP contribution in [0.25, 0.3) is 16.3 Å². The minimum Gasteiger partial charge on any atom is -0.504 e. The topological polar surface area (TPSA) is 83.7 Å². The summed E-state index contributed by atoms with van der Waals surface area (Å²) >= 11 is 7.11. The van der Waals surface area contributed by atoms with E-state index < -0.39 is 0 Å². The fourth-order valence-electron chi connectivity index (χ4n) is 3.41. The van der Waals surface area contributed by atoms with Crippen molar-refractivity contribution in [1.29, 1.82) is 0 Å². The Morgan fingerprint density at radius 2 is 2.21 bits per heavy atom. The van der Waals surface area contributed by atoms with Gasteiger partial charge in [-0.25, -0.2) is 0 Å². The van der Waals surface area contributed by atoms with E-state index in [4.69, 9.17) is 21.5 Å². The highest BCUT2D eigenvalue weighted by Crippen LogP contribution is 2.39. The lowest BCUT2D eigenvalue weighted by Crippen LogP contribution is -2.45. The number of thiophene rings is 1. The van der Waals surface area contributed by atoms with Gasteiger partial charge in [0.15, 0.2) is 16.6 Å². The van der Waals surface area contributed by atoms with Crippen LogP contribution in [0.2, 0.25) is 0 Å². The molecule has 0 amide bonds. The molecule has 3 aromatic rings. The fourth-order valence-corrected chi connectivity index (χ4v) is 4.45. The SMILES string of the molecule is CCN1C(=S)NC(c2ccc(OC)c(O)c2)C(c2nc(-c3cccs3)no2)=C1C. The second-order valence-electron chi connectivity index (χ2n) is 6.46. The summed E-state index contributed by atoms with van der Waals surface area (Å²) in [6, 6.07) is 8.81. The molecule has 9 heteroatoms. The number of methoxy groups -OCH3 is 1. The van der Waals surface area contributed by atoms with E-state index in [1.54, 1.807) is 23.5 Å². The molecule has 3 heterocycles. The number of aromatic hydroxyl groups is 1. The Morgan fingerprint density at radius 1 is 1.38 bits per heavy atom. The molecule has 0 saturated heterocycles. The van der Waals surface area contributed by atoms with Crippen LogP contribution < -0.4 is 10.1 Å². The molecule has 1 aliphatic rings. The quantitative estimate of drug-likeness (QED) is 0.585. The van der Waals surface area contributed by atoms with E-state index in [2.05, 4.69) is 15.5 Å². The maximum Gasteiger partial charge on any atom is 0.258 e. The third kappa shape index (κ3) is 3.47. The fraction of sp³-hybridized carbons (Fsp3) is 0.250. The predicted octanol–water partition coefficient (Wildman–Crippen LogP) is 4.19. The summed E-state index contributed by atoms with van der Waals surface area (Å²) in [6.45, 7) is 4.71. The van der Waals surface area contributed by atoms with Gasteiger partial charge >= 0.3 is 0 Å². The number of nitrogens with zero attached hydrogens (tertiary/aromatic N) is 3. The molecule has 1 aromatic carbocycles. The third-order valence-corrected chi connectivity index (χ3v) is 6.05. The number of allylic oxidation sites excluding steroid dienone is 1. The molecule has 0 bridgehead atoms. The lowest BCUT2D eigenvalue weighted by atomic mass is 9.94. The van der Waals surface area contributed by atoms with Crippen LogP contribution in [-0.2, 0) is 0 Å². The molecular weight excluding hydrogens is 408 g/mol. The molecule has 0 spiro atoms. The average Bonchev–Trinajstić information content (AvgIpc) is 3.39. The van der Waals surface area contributed by atoms with Crippen molar-refractivity contribution in [3.63, 3.8) is 0 Å².